The number of hydrogen-bond acceptors (Lipinski definition) is 3. The zero-order valence-electron chi connectivity index (χ0n) is 16.6. The van der Waals surface area contributed by atoms with Crippen LogP contribution in [0, 0.1) is 0 Å². The van der Waals surface area contributed by atoms with Crippen LogP contribution in [0.5, 0.6) is 0 Å². The lowest BCUT2D eigenvalue weighted by molar-refractivity contribution is -0.165. The molecule has 0 aliphatic carbocycles. The minimum atomic E-state index is -1.06. The first-order valence-corrected chi connectivity index (χ1v) is 9.86. The normalized spacial score (nSPS) is 19.3. The summed E-state index contributed by atoms with van der Waals surface area (Å²) in [6.07, 6.45) is 1.71. The Labute approximate surface area is 166 Å². The van der Waals surface area contributed by atoms with Gasteiger partial charge in [-0.05, 0) is 23.1 Å². The van der Waals surface area contributed by atoms with Gasteiger partial charge < -0.3 is 15.0 Å². The summed E-state index contributed by atoms with van der Waals surface area (Å²) >= 11 is 0. The molecule has 2 aromatic carbocycles. The van der Waals surface area contributed by atoms with Crippen LogP contribution >= 0.6 is 0 Å². The van der Waals surface area contributed by atoms with E-state index in [1.807, 2.05) is 37.3 Å². The Bertz CT molecular complexity index is 822. The summed E-state index contributed by atoms with van der Waals surface area (Å²) in [5.74, 6) is -0.108. The minimum Gasteiger partial charge on any atom is -0.361 e. The van der Waals surface area contributed by atoms with Crippen molar-refractivity contribution in [2.24, 2.45) is 0 Å². The highest BCUT2D eigenvalue weighted by atomic mass is 16.5. The predicted octanol–water partition coefficient (Wildman–Crippen LogP) is 3.04. The molecule has 0 unspecified atom stereocenters. The van der Waals surface area contributed by atoms with Crippen molar-refractivity contribution in [3.63, 3.8) is 0 Å². The molecule has 0 bridgehead atoms. The number of rotatable bonds is 6. The first-order valence-electron chi connectivity index (χ1n) is 9.86. The van der Waals surface area contributed by atoms with Gasteiger partial charge in [-0.1, -0.05) is 61.5 Å². The van der Waals surface area contributed by atoms with Crippen LogP contribution in [-0.4, -0.2) is 49.1 Å². The van der Waals surface area contributed by atoms with Gasteiger partial charge in [0.25, 0.3) is 5.91 Å². The molecule has 1 aliphatic heterocycles. The molecule has 1 atom stereocenters. The Hall–Kier alpha value is -2.66. The molecular formula is C23H28N2O3. The zero-order chi connectivity index (χ0) is 20.0. The van der Waals surface area contributed by atoms with Gasteiger partial charge >= 0.3 is 0 Å². The first-order chi connectivity index (χ1) is 13.6. The lowest BCUT2D eigenvalue weighted by atomic mass is 9.89. The molecule has 1 heterocycles. The monoisotopic (exact) mass is 380 g/mol. The number of benzene rings is 2. The van der Waals surface area contributed by atoms with Gasteiger partial charge in [0.15, 0.2) is 5.60 Å². The topological polar surface area (TPSA) is 58.6 Å². The largest absolute Gasteiger partial charge is 0.361 e. The highest BCUT2D eigenvalue weighted by molar-refractivity contribution is 5.87. The van der Waals surface area contributed by atoms with E-state index in [0.29, 0.717) is 26.0 Å². The Kier molecular flexibility index (Phi) is 6.47. The van der Waals surface area contributed by atoms with E-state index in [1.54, 1.807) is 11.9 Å². The number of likely N-dealkylation sites (N-methyl/N-ethyl adjacent to an activating group) is 1. The second-order valence-electron chi connectivity index (χ2n) is 7.23. The number of amides is 2. The minimum absolute atomic E-state index is 0.0807. The average Bonchev–Trinajstić information content (AvgIpc) is 2.74. The summed E-state index contributed by atoms with van der Waals surface area (Å²) in [5.41, 5.74) is 2.17. The first kappa shape index (κ1) is 20.1. The lowest BCUT2D eigenvalue weighted by Gasteiger charge is -2.41. The number of nitrogens with zero attached hydrogens (tertiary/aromatic N) is 1. The van der Waals surface area contributed by atoms with E-state index in [2.05, 4.69) is 29.6 Å². The van der Waals surface area contributed by atoms with Crippen molar-refractivity contribution >= 4 is 11.8 Å². The maximum Gasteiger partial charge on any atom is 0.254 e. The molecule has 0 saturated carbocycles. The molecule has 148 valence electrons. The van der Waals surface area contributed by atoms with E-state index in [4.69, 9.17) is 4.74 Å². The van der Waals surface area contributed by atoms with E-state index in [9.17, 15) is 9.59 Å². The Morgan fingerprint density at radius 1 is 1.11 bits per heavy atom. The fraction of sp³-hybridized carbons (Fsp3) is 0.391. The van der Waals surface area contributed by atoms with Crippen molar-refractivity contribution in [2.45, 2.75) is 31.8 Å². The molecule has 5 nitrogen and oxygen atoms in total. The molecule has 1 fully saturated rings. The second-order valence-corrected chi connectivity index (χ2v) is 7.23. The number of carbonyl (C=O) groups is 2. The fourth-order valence-corrected chi connectivity index (χ4v) is 3.74. The van der Waals surface area contributed by atoms with Gasteiger partial charge in [0.2, 0.25) is 5.91 Å². The van der Waals surface area contributed by atoms with Crippen LogP contribution in [0.3, 0.4) is 0 Å². The quantitative estimate of drug-likeness (QED) is 0.838. The van der Waals surface area contributed by atoms with Crippen LogP contribution in [-0.2, 0) is 20.7 Å². The van der Waals surface area contributed by atoms with Gasteiger partial charge in [-0.25, -0.2) is 0 Å². The molecule has 2 amide bonds. The van der Waals surface area contributed by atoms with E-state index in [0.717, 1.165) is 23.1 Å². The van der Waals surface area contributed by atoms with Gasteiger partial charge in [-0.15, -0.1) is 0 Å². The van der Waals surface area contributed by atoms with Crippen molar-refractivity contribution in [3.05, 3.63) is 60.2 Å². The molecule has 1 saturated heterocycles. The molecule has 0 spiro atoms. The van der Waals surface area contributed by atoms with E-state index < -0.39 is 5.60 Å². The highest BCUT2D eigenvalue weighted by Gasteiger charge is 2.44. The Morgan fingerprint density at radius 3 is 2.57 bits per heavy atom. The van der Waals surface area contributed by atoms with Crippen molar-refractivity contribution < 1.29 is 14.3 Å². The summed E-state index contributed by atoms with van der Waals surface area (Å²) < 4.78 is 6.02. The number of carbonyl (C=O) groups excluding carboxylic acids is 2. The van der Waals surface area contributed by atoms with E-state index in [1.165, 1.54) is 0 Å². The van der Waals surface area contributed by atoms with Gasteiger partial charge in [-0.2, -0.15) is 0 Å². The zero-order valence-corrected chi connectivity index (χ0v) is 16.6. The third-order valence-corrected chi connectivity index (χ3v) is 5.17. The van der Waals surface area contributed by atoms with E-state index >= 15 is 0 Å². The third-order valence-electron chi connectivity index (χ3n) is 5.17. The van der Waals surface area contributed by atoms with Crippen LogP contribution in [0.4, 0.5) is 0 Å². The van der Waals surface area contributed by atoms with Crippen LogP contribution in [0.1, 0.15) is 25.3 Å². The van der Waals surface area contributed by atoms with Crippen LogP contribution < -0.4 is 5.32 Å². The molecule has 28 heavy (non-hydrogen) atoms. The van der Waals surface area contributed by atoms with Crippen molar-refractivity contribution in [1.29, 1.82) is 0 Å². The SMILES string of the molecule is CCCC(=O)N1CCO[C@](Cc2cccc(-c3ccccc3)c2)(C(=O)NC)C1. The molecule has 3 rings (SSSR count). The summed E-state index contributed by atoms with van der Waals surface area (Å²) in [4.78, 5) is 27.0. The second kappa shape index (κ2) is 9.02. The molecule has 0 radical (unpaired) electrons. The fourth-order valence-electron chi connectivity index (χ4n) is 3.74. The van der Waals surface area contributed by atoms with Crippen molar-refractivity contribution in [1.82, 2.24) is 10.2 Å². The molecule has 2 aromatic rings. The maximum atomic E-state index is 12.8. The van der Waals surface area contributed by atoms with Gasteiger partial charge in [-0.3, -0.25) is 9.59 Å². The standard InChI is InChI=1S/C23H28N2O3/c1-3-8-21(26)25-13-14-28-23(17-25,22(27)24-2)16-18-9-7-12-20(15-18)19-10-5-4-6-11-19/h4-7,9-12,15H,3,8,13-14,16-17H2,1-2H3,(H,24,27)/t23-/m0/s1. The summed E-state index contributed by atoms with van der Waals surface area (Å²) in [7, 11) is 1.61. The lowest BCUT2D eigenvalue weighted by Crippen LogP contribution is -2.61. The summed E-state index contributed by atoms with van der Waals surface area (Å²) in [6.45, 7) is 3.16. The van der Waals surface area contributed by atoms with Crippen LogP contribution in [0.25, 0.3) is 11.1 Å². The van der Waals surface area contributed by atoms with Gasteiger partial charge in [0.05, 0.1) is 13.2 Å². The average molecular weight is 380 g/mol. The molecule has 5 heteroatoms. The Morgan fingerprint density at radius 2 is 1.86 bits per heavy atom. The van der Waals surface area contributed by atoms with Crippen LogP contribution in [0.2, 0.25) is 0 Å². The predicted molar refractivity (Wildman–Crippen MR) is 110 cm³/mol. The molecular weight excluding hydrogens is 352 g/mol. The third kappa shape index (κ3) is 4.42. The maximum absolute atomic E-state index is 12.8. The summed E-state index contributed by atoms with van der Waals surface area (Å²) in [5, 5.41) is 2.73. The summed E-state index contributed by atoms with van der Waals surface area (Å²) in [6, 6.07) is 18.3. The molecule has 1 N–H and O–H groups in total. The number of ether oxygens (including phenoxy) is 1. The van der Waals surface area contributed by atoms with E-state index in [-0.39, 0.29) is 18.4 Å². The van der Waals surface area contributed by atoms with Crippen molar-refractivity contribution in [3.8, 4) is 11.1 Å². The van der Waals surface area contributed by atoms with Gasteiger partial charge in [0.1, 0.15) is 0 Å². The molecule has 1 aliphatic rings. The Balaban J connectivity index is 1.87. The number of hydrogen-bond donors (Lipinski definition) is 1. The number of morpholine rings is 1. The highest BCUT2D eigenvalue weighted by Crippen LogP contribution is 2.27. The van der Waals surface area contributed by atoms with Crippen LogP contribution in [0.15, 0.2) is 54.6 Å². The number of nitrogens with one attached hydrogen (secondary N) is 1. The molecule has 0 aromatic heterocycles. The van der Waals surface area contributed by atoms with Crippen molar-refractivity contribution in [2.75, 3.05) is 26.7 Å². The van der Waals surface area contributed by atoms with Gasteiger partial charge in [0, 0.05) is 26.4 Å². The smallest absolute Gasteiger partial charge is 0.254 e.